The van der Waals surface area contributed by atoms with Crippen LogP contribution in [0.3, 0.4) is 0 Å². The average molecular weight is 236 g/mol. The number of hydrogen-bond acceptors (Lipinski definition) is 4. The number of ether oxygens (including phenoxy) is 1. The van der Waals surface area contributed by atoms with E-state index in [1.54, 1.807) is 0 Å². The minimum Gasteiger partial charge on any atom is -0.507 e. The lowest BCUT2D eigenvalue weighted by Gasteiger charge is -2.06. The van der Waals surface area contributed by atoms with Gasteiger partial charge in [-0.05, 0) is 24.6 Å². The smallest absolute Gasteiger partial charge is 0.339 e. The Kier molecular flexibility index (Phi) is 3.87. The Bertz CT molecular complexity index is 476. The third-order valence-electron chi connectivity index (χ3n) is 2.01. The molecule has 0 amide bonds. The molecule has 1 aromatic rings. The highest BCUT2D eigenvalue weighted by Gasteiger charge is 2.10. The van der Waals surface area contributed by atoms with Crippen LogP contribution in [0.4, 0.5) is 0 Å². The number of carboxylic acids is 1. The molecule has 0 aliphatic heterocycles. The van der Waals surface area contributed by atoms with E-state index in [0.717, 1.165) is 0 Å². The second kappa shape index (κ2) is 5.16. The van der Waals surface area contributed by atoms with Crippen LogP contribution in [0.2, 0.25) is 0 Å². The summed E-state index contributed by atoms with van der Waals surface area (Å²) in [5.74, 6) is -2.11. The van der Waals surface area contributed by atoms with Crippen molar-refractivity contribution in [1.82, 2.24) is 0 Å². The van der Waals surface area contributed by atoms with Crippen molar-refractivity contribution >= 4 is 11.9 Å². The fourth-order valence-corrected chi connectivity index (χ4v) is 1.12. The van der Waals surface area contributed by atoms with E-state index in [0.29, 0.717) is 5.56 Å². The fraction of sp³-hybridized carbons (Fsp3) is 0.167. The summed E-state index contributed by atoms with van der Waals surface area (Å²) in [6.45, 7) is 4.90. The van der Waals surface area contributed by atoms with Crippen LogP contribution in [0.5, 0.6) is 5.75 Å². The minimum atomic E-state index is -1.21. The van der Waals surface area contributed by atoms with E-state index in [1.807, 2.05) is 0 Å². The SMILES string of the molecule is C=C(C)C(=O)OCc1ccc(C(=O)O)c(O)c1. The number of aromatic hydroxyl groups is 1. The van der Waals surface area contributed by atoms with Crippen molar-refractivity contribution in [3.8, 4) is 5.75 Å². The highest BCUT2D eigenvalue weighted by Crippen LogP contribution is 2.19. The summed E-state index contributed by atoms with van der Waals surface area (Å²) in [5, 5.41) is 18.1. The molecular weight excluding hydrogens is 224 g/mol. The van der Waals surface area contributed by atoms with Crippen molar-refractivity contribution in [1.29, 1.82) is 0 Å². The van der Waals surface area contributed by atoms with Crippen LogP contribution in [0.1, 0.15) is 22.8 Å². The molecule has 5 heteroatoms. The molecule has 0 saturated heterocycles. The molecule has 0 aliphatic rings. The van der Waals surface area contributed by atoms with Crippen LogP contribution in [-0.4, -0.2) is 22.2 Å². The van der Waals surface area contributed by atoms with Crippen molar-refractivity contribution in [3.63, 3.8) is 0 Å². The molecule has 1 rings (SSSR count). The largest absolute Gasteiger partial charge is 0.507 e. The molecule has 0 aliphatic carbocycles. The first kappa shape index (κ1) is 12.8. The molecule has 5 nitrogen and oxygen atoms in total. The predicted octanol–water partition coefficient (Wildman–Crippen LogP) is 1.71. The quantitative estimate of drug-likeness (QED) is 0.614. The minimum absolute atomic E-state index is 0.0425. The Morgan fingerprint density at radius 2 is 2.06 bits per heavy atom. The van der Waals surface area contributed by atoms with Crippen molar-refractivity contribution in [2.75, 3.05) is 0 Å². The summed E-state index contributed by atoms with van der Waals surface area (Å²) in [6.07, 6.45) is 0. The second-order valence-corrected chi connectivity index (χ2v) is 3.51. The van der Waals surface area contributed by atoms with E-state index in [4.69, 9.17) is 9.84 Å². The van der Waals surface area contributed by atoms with Crippen LogP contribution >= 0.6 is 0 Å². The Morgan fingerprint density at radius 3 is 2.53 bits per heavy atom. The van der Waals surface area contributed by atoms with Gasteiger partial charge in [-0.15, -0.1) is 0 Å². The number of phenols is 1. The maximum Gasteiger partial charge on any atom is 0.339 e. The Balaban J connectivity index is 2.75. The zero-order chi connectivity index (χ0) is 13.0. The average Bonchev–Trinajstić information content (AvgIpc) is 2.25. The molecular formula is C12H12O5. The van der Waals surface area contributed by atoms with Gasteiger partial charge in [0, 0.05) is 5.57 Å². The maximum atomic E-state index is 11.1. The molecule has 0 heterocycles. The van der Waals surface area contributed by atoms with Crippen molar-refractivity contribution in [2.24, 2.45) is 0 Å². The summed E-state index contributed by atoms with van der Waals surface area (Å²) in [5.41, 5.74) is 0.582. The topological polar surface area (TPSA) is 83.8 Å². The standard InChI is InChI=1S/C12H12O5/c1-7(2)12(16)17-6-8-3-4-9(11(14)15)10(13)5-8/h3-5,13H,1,6H2,2H3,(H,14,15). The van der Waals surface area contributed by atoms with Gasteiger partial charge in [0.25, 0.3) is 0 Å². The summed E-state index contributed by atoms with van der Waals surface area (Å²) in [4.78, 5) is 21.7. The summed E-state index contributed by atoms with van der Waals surface area (Å²) in [7, 11) is 0. The first-order valence-corrected chi connectivity index (χ1v) is 4.79. The molecule has 17 heavy (non-hydrogen) atoms. The first-order valence-electron chi connectivity index (χ1n) is 4.79. The van der Waals surface area contributed by atoms with Gasteiger partial charge in [-0.2, -0.15) is 0 Å². The van der Waals surface area contributed by atoms with Crippen LogP contribution in [0, 0.1) is 0 Å². The number of carbonyl (C=O) groups is 2. The lowest BCUT2D eigenvalue weighted by molar-refractivity contribution is -0.140. The molecule has 90 valence electrons. The van der Waals surface area contributed by atoms with E-state index < -0.39 is 11.9 Å². The van der Waals surface area contributed by atoms with Gasteiger partial charge in [0.15, 0.2) is 0 Å². The lowest BCUT2D eigenvalue weighted by atomic mass is 10.1. The third kappa shape index (κ3) is 3.34. The Labute approximate surface area is 98.0 Å². The normalized spacial score (nSPS) is 9.71. The number of hydrogen-bond donors (Lipinski definition) is 2. The Morgan fingerprint density at radius 1 is 1.41 bits per heavy atom. The number of esters is 1. The van der Waals surface area contributed by atoms with Crippen molar-refractivity contribution < 1.29 is 24.5 Å². The summed E-state index contributed by atoms with van der Waals surface area (Å²) in [6, 6.07) is 3.96. The van der Waals surface area contributed by atoms with Crippen LogP contribution in [-0.2, 0) is 16.1 Å². The zero-order valence-corrected chi connectivity index (χ0v) is 9.27. The molecule has 0 unspecified atom stereocenters. The van der Waals surface area contributed by atoms with Gasteiger partial charge in [-0.1, -0.05) is 12.6 Å². The maximum absolute atomic E-state index is 11.1. The fourth-order valence-electron chi connectivity index (χ4n) is 1.12. The number of carbonyl (C=O) groups excluding carboxylic acids is 1. The highest BCUT2D eigenvalue weighted by atomic mass is 16.5. The lowest BCUT2D eigenvalue weighted by Crippen LogP contribution is -2.05. The molecule has 0 radical (unpaired) electrons. The van der Waals surface area contributed by atoms with Crippen molar-refractivity contribution in [3.05, 3.63) is 41.5 Å². The van der Waals surface area contributed by atoms with Crippen LogP contribution in [0.25, 0.3) is 0 Å². The van der Waals surface area contributed by atoms with E-state index in [-0.39, 0.29) is 23.5 Å². The van der Waals surface area contributed by atoms with Gasteiger partial charge >= 0.3 is 11.9 Å². The number of aromatic carboxylic acids is 1. The van der Waals surface area contributed by atoms with Gasteiger partial charge in [0.05, 0.1) is 0 Å². The molecule has 0 aromatic heterocycles. The van der Waals surface area contributed by atoms with Crippen molar-refractivity contribution in [2.45, 2.75) is 13.5 Å². The van der Waals surface area contributed by atoms with Crippen LogP contribution < -0.4 is 0 Å². The zero-order valence-electron chi connectivity index (χ0n) is 9.27. The molecule has 0 bridgehead atoms. The van der Waals surface area contributed by atoms with Gasteiger partial charge in [-0.25, -0.2) is 9.59 Å². The van der Waals surface area contributed by atoms with Gasteiger partial charge in [0.1, 0.15) is 17.9 Å². The summed E-state index contributed by atoms with van der Waals surface area (Å²) >= 11 is 0. The molecule has 0 fully saturated rings. The predicted molar refractivity (Wildman–Crippen MR) is 59.7 cm³/mol. The van der Waals surface area contributed by atoms with E-state index >= 15 is 0 Å². The number of rotatable bonds is 4. The number of carboxylic acid groups (broad SMARTS) is 1. The van der Waals surface area contributed by atoms with E-state index in [2.05, 4.69) is 6.58 Å². The van der Waals surface area contributed by atoms with Gasteiger partial charge < -0.3 is 14.9 Å². The molecule has 2 N–H and O–H groups in total. The van der Waals surface area contributed by atoms with E-state index in [9.17, 15) is 14.7 Å². The van der Waals surface area contributed by atoms with Gasteiger partial charge in [0.2, 0.25) is 0 Å². The molecule has 0 atom stereocenters. The Hall–Kier alpha value is -2.30. The molecule has 1 aromatic carbocycles. The molecule has 0 saturated carbocycles. The molecule has 0 spiro atoms. The summed E-state index contributed by atoms with van der Waals surface area (Å²) < 4.78 is 4.85. The number of benzene rings is 1. The monoisotopic (exact) mass is 236 g/mol. The van der Waals surface area contributed by atoms with E-state index in [1.165, 1.54) is 25.1 Å². The van der Waals surface area contributed by atoms with Gasteiger partial charge in [-0.3, -0.25) is 0 Å². The first-order chi connectivity index (χ1) is 7.91. The van der Waals surface area contributed by atoms with Crippen LogP contribution in [0.15, 0.2) is 30.4 Å². The third-order valence-corrected chi connectivity index (χ3v) is 2.01. The highest BCUT2D eigenvalue weighted by molar-refractivity contribution is 5.90. The second-order valence-electron chi connectivity index (χ2n) is 3.51.